The SMILES string of the molecule is CC1(C)[C@H](NC(=O)c2ccc(-n3cc(C4CCN(C(=O)C5CCN(c6ccc7nnn(C8CCC(=O)NC8=O)c(=O)c7c6)CC5)CC4)nn3)cc2)C(C)(C)[C@H]1Oc1ccc(C#N)c(Cl)c1. The molecule has 17 nitrogen and oxygen atoms in total. The van der Waals surface area contributed by atoms with Gasteiger partial charge in [0, 0.05) is 78.6 Å². The van der Waals surface area contributed by atoms with Gasteiger partial charge in [-0.15, -0.1) is 10.2 Å². The number of hydrogen-bond acceptors (Lipinski definition) is 12. The molecule has 1 unspecified atom stereocenters. The summed E-state index contributed by atoms with van der Waals surface area (Å²) in [6.45, 7) is 10.8. The molecule has 4 aliphatic rings. The van der Waals surface area contributed by atoms with Crippen LogP contribution in [-0.4, -0.2) is 96.8 Å². The van der Waals surface area contributed by atoms with E-state index >= 15 is 0 Å². The fourth-order valence-electron chi connectivity index (χ4n) is 10.6. The summed E-state index contributed by atoms with van der Waals surface area (Å²) in [5.74, 6) is -0.306. The molecule has 2 aromatic heterocycles. The molecular formula is C47H50ClN11O6. The second-order valence-electron chi connectivity index (χ2n) is 18.8. The number of hydrogen-bond donors (Lipinski definition) is 2. The van der Waals surface area contributed by atoms with Gasteiger partial charge in [-0.1, -0.05) is 49.7 Å². The molecule has 18 heteroatoms. The van der Waals surface area contributed by atoms with E-state index in [0.29, 0.717) is 71.8 Å². The molecule has 9 rings (SSSR count). The molecule has 4 amide bonds. The molecule has 0 spiro atoms. The Bertz CT molecular complexity index is 2780. The third-order valence-corrected chi connectivity index (χ3v) is 14.3. The maximum absolute atomic E-state index is 13.7. The second-order valence-corrected chi connectivity index (χ2v) is 19.2. The Hall–Kier alpha value is -6.67. The summed E-state index contributed by atoms with van der Waals surface area (Å²) in [6, 6.07) is 18.7. The average molecular weight is 900 g/mol. The van der Waals surface area contributed by atoms with Crippen LogP contribution < -0.4 is 25.8 Å². The minimum atomic E-state index is -0.894. The van der Waals surface area contributed by atoms with Crippen molar-refractivity contribution in [2.75, 3.05) is 31.1 Å². The molecule has 3 saturated heterocycles. The lowest BCUT2D eigenvalue weighted by Crippen LogP contribution is -2.74. The van der Waals surface area contributed by atoms with Gasteiger partial charge in [0.1, 0.15) is 29.5 Å². The molecule has 3 aliphatic heterocycles. The lowest BCUT2D eigenvalue weighted by atomic mass is 9.49. The highest BCUT2D eigenvalue weighted by Gasteiger charge is 2.64. The first-order chi connectivity index (χ1) is 31.1. The van der Waals surface area contributed by atoms with Crippen molar-refractivity contribution in [3.63, 3.8) is 0 Å². The number of rotatable bonds is 9. The lowest BCUT2D eigenvalue weighted by molar-refractivity contribution is -0.164. The third kappa shape index (κ3) is 8.20. The summed E-state index contributed by atoms with van der Waals surface area (Å²) in [5.41, 5.74) is 2.59. The zero-order valence-electron chi connectivity index (χ0n) is 36.7. The fraction of sp³-hybridized carbons (Fsp3) is 0.447. The van der Waals surface area contributed by atoms with Crippen LogP contribution in [-0.2, 0) is 14.4 Å². The maximum Gasteiger partial charge on any atom is 0.278 e. The molecule has 0 radical (unpaired) electrons. The van der Waals surface area contributed by atoms with E-state index in [1.807, 2.05) is 29.3 Å². The Morgan fingerprint density at radius 3 is 2.25 bits per heavy atom. The first-order valence-electron chi connectivity index (χ1n) is 22.1. The minimum Gasteiger partial charge on any atom is -0.489 e. The largest absolute Gasteiger partial charge is 0.489 e. The lowest BCUT2D eigenvalue weighted by Gasteiger charge is -2.63. The van der Waals surface area contributed by atoms with Crippen LogP contribution in [0.4, 0.5) is 5.69 Å². The topological polar surface area (TPSA) is 210 Å². The number of carbonyl (C=O) groups is 4. The normalized spacial score (nSPS) is 22.2. The molecule has 336 valence electrons. The van der Waals surface area contributed by atoms with Crippen LogP contribution in [0.5, 0.6) is 5.75 Å². The molecule has 1 saturated carbocycles. The number of imide groups is 1. The number of carbonyl (C=O) groups excluding carboxylic acids is 4. The number of likely N-dealkylation sites (tertiary alicyclic amines) is 1. The van der Waals surface area contributed by atoms with Gasteiger partial charge in [0.15, 0.2) is 0 Å². The number of anilines is 1. The van der Waals surface area contributed by atoms with E-state index in [0.717, 1.165) is 34.6 Å². The molecule has 5 heterocycles. The monoisotopic (exact) mass is 899 g/mol. The molecular weight excluding hydrogens is 850 g/mol. The van der Waals surface area contributed by atoms with Crippen LogP contribution >= 0.6 is 11.6 Å². The average Bonchev–Trinajstić information content (AvgIpc) is 3.81. The van der Waals surface area contributed by atoms with E-state index in [-0.39, 0.29) is 54.5 Å². The van der Waals surface area contributed by atoms with Gasteiger partial charge in [0.05, 0.1) is 33.6 Å². The van der Waals surface area contributed by atoms with Gasteiger partial charge >= 0.3 is 0 Å². The highest BCUT2D eigenvalue weighted by atomic mass is 35.5. The van der Waals surface area contributed by atoms with Crippen molar-refractivity contribution in [1.82, 2.24) is 45.5 Å². The zero-order valence-corrected chi connectivity index (χ0v) is 37.4. The second kappa shape index (κ2) is 17.0. The number of piperidine rings is 3. The predicted molar refractivity (Wildman–Crippen MR) is 239 cm³/mol. The van der Waals surface area contributed by atoms with Crippen LogP contribution in [0, 0.1) is 28.1 Å². The summed E-state index contributed by atoms with van der Waals surface area (Å²) in [7, 11) is 0. The standard InChI is InChI=1S/C47H50ClN11O6/c1-46(2)44(47(3,4)45(46)65-33-11-7-30(25-49)35(48)24-33)51-40(61)28-5-8-31(9-6-28)58-26-37(53-54-58)27-15-21-57(22-16-27)42(63)29-17-19-56(20-18-29)32-10-12-36-34(23-32)43(64)59(55-52-36)38-13-14-39(60)50-41(38)62/h5-12,23-24,26-27,29,38,44-45H,13-22H2,1-4H3,(H,51,61)(H,50,60,62)/t38?,44-,45-. The van der Waals surface area contributed by atoms with E-state index in [1.54, 1.807) is 47.1 Å². The Balaban J connectivity index is 0.754. The fourth-order valence-corrected chi connectivity index (χ4v) is 10.8. The van der Waals surface area contributed by atoms with E-state index in [4.69, 9.17) is 16.3 Å². The van der Waals surface area contributed by atoms with Crippen molar-refractivity contribution in [2.24, 2.45) is 16.7 Å². The zero-order chi connectivity index (χ0) is 45.8. The molecule has 65 heavy (non-hydrogen) atoms. The minimum absolute atomic E-state index is 0.0948. The smallest absolute Gasteiger partial charge is 0.278 e. The molecule has 4 fully saturated rings. The molecule has 5 aromatic rings. The van der Waals surface area contributed by atoms with E-state index in [1.165, 1.54) is 0 Å². The van der Waals surface area contributed by atoms with Crippen LogP contribution in [0.3, 0.4) is 0 Å². The highest BCUT2D eigenvalue weighted by molar-refractivity contribution is 6.31. The van der Waals surface area contributed by atoms with Gasteiger partial charge in [-0.2, -0.15) is 9.94 Å². The summed E-state index contributed by atoms with van der Waals surface area (Å²) in [5, 5.41) is 32.5. The van der Waals surface area contributed by atoms with Gasteiger partial charge in [-0.3, -0.25) is 29.3 Å². The van der Waals surface area contributed by atoms with E-state index < -0.39 is 28.3 Å². The van der Waals surface area contributed by atoms with Crippen molar-refractivity contribution in [3.8, 4) is 17.5 Å². The molecule has 2 N–H and O–H groups in total. The number of nitriles is 1. The van der Waals surface area contributed by atoms with E-state index in [9.17, 15) is 29.2 Å². The van der Waals surface area contributed by atoms with Gasteiger partial charge < -0.3 is 19.9 Å². The van der Waals surface area contributed by atoms with Crippen LogP contribution in [0.25, 0.3) is 16.6 Å². The number of benzene rings is 3. The molecule has 1 atom stereocenters. The first kappa shape index (κ1) is 43.6. The summed E-state index contributed by atoms with van der Waals surface area (Å²) in [4.78, 5) is 68.9. The van der Waals surface area contributed by atoms with Gasteiger partial charge in [0.2, 0.25) is 11.8 Å². The Kier molecular flexibility index (Phi) is 11.4. The predicted octanol–water partition coefficient (Wildman–Crippen LogP) is 5.11. The molecule has 1 aliphatic carbocycles. The van der Waals surface area contributed by atoms with Gasteiger partial charge in [-0.25, -0.2) is 4.68 Å². The number of nitrogens with zero attached hydrogens (tertiary/aromatic N) is 9. The van der Waals surface area contributed by atoms with Crippen LogP contribution in [0.2, 0.25) is 5.02 Å². The van der Waals surface area contributed by atoms with E-state index in [2.05, 4.69) is 69.9 Å². The molecule has 3 aromatic carbocycles. The Labute approximate surface area is 380 Å². The van der Waals surface area contributed by atoms with Crippen LogP contribution in [0.15, 0.2) is 71.7 Å². The van der Waals surface area contributed by atoms with Crippen molar-refractivity contribution in [2.45, 2.75) is 90.3 Å². The van der Waals surface area contributed by atoms with Crippen molar-refractivity contribution >= 4 is 51.8 Å². The van der Waals surface area contributed by atoms with Gasteiger partial charge in [-0.05, 0) is 86.7 Å². The number of halogens is 1. The maximum atomic E-state index is 13.7. The summed E-state index contributed by atoms with van der Waals surface area (Å²) >= 11 is 6.25. The molecule has 0 bridgehead atoms. The summed E-state index contributed by atoms with van der Waals surface area (Å²) in [6.07, 6.45) is 4.95. The summed E-state index contributed by atoms with van der Waals surface area (Å²) < 4.78 is 9.16. The number of nitrogens with one attached hydrogen (secondary N) is 2. The number of fused-ring (bicyclic) bond motifs is 1. The number of aromatic nitrogens is 6. The Morgan fingerprint density at radius 1 is 0.862 bits per heavy atom. The quantitative estimate of drug-likeness (QED) is 0.185. The van der Waals surface area contributed by atoms with Crippen molar-refractivity contribution in [1.29, 1.82) is 5.26 Å². The number of amides is 4. The highest BCUT2D eigenvalue weighted by Crippen LogP contribution is 2.55. The third-order valence-electron chi connectivity index (χ3n) is 13.9. The number of ether oxygens (including phenoxy) is 1. The van der Waals surface area contributed by atoms with Crippen molar-refractivity contribution in [3.05, 3.63) is 99.1 Å². The van der Waals surface area contributed by atoms with Crippen molar-refractivity contribution < 1.29 is 23.9 Å². The van der Waals surface area contributed by atoms with Gasteiger partial charge in [0.25, 0.3) is 17.4 Å². The van der Waals surface area contributed by atoms with Crippen LogP contribution in [0.1, 0.15) is 99.8 Å². The first-order valence-corrected chi connectivity index (χ1v) is 22.5. The Morgan fingerprint density at radius 2 is 1.57 bits per heavy atom.